The van der Waals surface area contributed by atoms with Crippen LogP contribution in [-0.4, -0.2) is 8.07 Å². The summed E-state index contributed by atoms with van der Waals surface area (Å²) in [4.78, 5) is 0. The van der Waals surface area contributed by atoms with Gasteiger partial charge in [0.1, 0.15) is 8.07 Å². The van der Waals surface area contributed by atoms with Crippen molar-refractivity contribution in [2.24, 2.45) is 0 Å². The maximum Gasteiger partial charge on any atom is 0.129 e. The average Bonchev–Trinajstić information content (AvgIpc) is 2.24. The molecule has 0 saturated heterocycles. The lowest BCUT2D eigenvalue weighted by Crippen LogP contribution is -2.16. The predicted octanol–water partition coefficient (Wildman–Crippen LogP) is 4.20. The molecule has 88 valence electrons. The number of benzene rings is 1. The van der Waals surface area contributed by atoms with Gasteiger partial charge in [0.2, 0.25) is 0 Å². The van der Waals surface area contributed by atoms with Crippen LogP contribution in [0.25, 0.3) is 0 Å². The maximum atomic E-state index is 8.99. The van der Waals surface area contributed by atoms with E-state index in [9.17, 15) is 0 Å². The van der Waals surface area contributed by atoms with Crippen LogP contribution in [0.1, 0.15) is 24.0 Å². The van der Waals surface area contributed by atoms with Crippen LogP contribution in [0.5, 0.6) is 0 Å². The summed E-state index contributed by atoms with van der Waals surface area (Å²) in [6.45, 7) is 8.46. The van der Waals surface area contributed by atoms with Crippen molar-refractivity contribution in [3.05, 3.63) is 34.3 Å². The molecule has 3 heteroatoms. The molecule has 0 aliphatic carbocycles. The lowest BCUT2D eigenvalue weighted by molar-refractivity contribution is 0.977. The Bertz CT molecular complexity index is 512. The molecule has 1 rings (SSSR count). The third-order valence-corrected chi connectivity index (χ3v) is 3.36. The van der Waals surface area contributed by atoms with Crippen molar-refractivity contribution in [3.8, 4) is 17.5 Å². The number of rotatable bonds is 1. The Balaban J connectivity index is 3.25. The fourth-order valence-electron chi connectivity index (χ4n) is 1.34. The van der Waals surface area contributed by atoms with Crippen LogP contribution in [0.2, 0.25) is 24.7 Å². The lowest BCUT2D eigenvalue weighted by Gasteiger charge is -2.08. The average molecular weight is 262 g/mol. The molecule has 0 radical (unpaired) electrons. The first-order chi connectivity index (χ1) is 7.83. The summed E-state index contributed by atoms with van der Waals surface area (Å²) in [5.41, 5.74) is 5.15. The second-order valence-electron chi connectivity index (χ2n) is 5.08. The molecule has 0 aromatic heterocycles. The highest BCUT2D eigenvalue weighted by molar-refractivity contribution is 6.83. The highest BCUT2D eigenvalue weighted by Gasteiger charge is 2.11. The first-order valence-corrected chi connectivity index (χ1v) is 9.43. The molecule has 1 nitrogen and oxygen atoms in total. The van der Waals surface area contributed by atoms with Crippen molar-refractivity contribution in [3.63, 3.8) is 0 Å². The topological polar surface area (TPSA) is 23.8 Å². The van der Waals surface area contributed by atoms with Gasteiger partial charge in [0.25, 0.3) is 0 Å². The van der Waals surface area contributed by atoms with Crippen molar-refractivity contribution in [2.45, 2.75) is 32.5 Å². The zero-order chi connectivity index (χ0) is 13.1. The zero-order valence-corrected chi connectivity index (χ0v) is 12.4. The van der Waals surface area contributed by atoms with Crippen LogP contribution in [0.3, 0.4) is 0 Å². The summed E-state index contributed by atoms with van der Waals surface area (Å²) >= 11 is 5.98. The number of nitrogens with zero attached hydrogens (tertiary/aromatic N) is 1. The normalized spacial score (nSPS) is 12.2. The summed E-state index contributed by atoms with van der Waals surface area (Å²) < 4.78 is 0. The minimum atomic E-state index is -1.41. The zero-order valence-electron chi connectivity index (χ0n) is 10.6. The summed E-state index contributed by atoms with van der Waals surface area (Å²) in [5.74, 6) is 3.03. The van der Waals surface area contributed by atoms with E-state index >= 15 is 0 Å². The van der Waals surface area contributed by atoms with Crippen LogP contribution in [0.4, 0.5) is 0 Å². The molecule has 1 aromatic rings. The highest BCUT2D eigenvalue weighted by atomic mass is 35.5. The Morgan fingerprint density at radius 3 is 2.47 bits per heavy atom. The Labute approximate surface area is 109 Å². The van der Waals surface area contributed by atoms with Gasteiger partial charge in [-0.1, -0.05) is 43.2 Å². The van der Waals surface area contributed by atoms with Gasteiger partial charge in [-0.2, -0.15) is 5.26 Å². The molecule has 1 aromatic carbocycles. The minimum Gasteiger partial charge on any atom is -0.198 e. The molecule has 0 bridgehead atoms. The van der Waals surface area contributed by atoms with Gasteiger partial charge >= 0.3 is 0 Å². The fraction of sp³-hybridized carbons (Fsp3) is 0.357. The SMILES string of the molecule is CC(C#N)c1ccc(Cl)cc1C#C[Si](C)(C)C. The van der Waals surface area contributed by atoms with E-state index in [4.69, 9.17) is 16.9 Å². The van der Waals surface area contributed by atoms with E-state index in [-0.39, 0.29) is 5.92 Å². The van der Waals surface area contributed by atoms with Crippen LogP contribution in [0.15, 0.2) is 18.2 Å². The Kier molecular flexibility index (Phi) is 4.40. The van der Waals surface area contributed by atoms with Gasteiger partial charge < -0.3 is 0 Å². The standard InChI is InChI=1S/C14H16ClNSi/c1-11(10-16)14-6-5-13(15)9-12(14)7-8-17(2,3)4/h5-6,9,11H,1-4H3. The second-order valence-corrected chi connectivity index (χ2v) is 10.3. The van der Waals surface area contributed by atoms with Crippen LogP contribution < -0.4 is 0 Å². The van der Waals surface area contributed by atoms with Crippen molar-refractivity contribution >= 4 is 19.7 Å². The molecule has 1 atom stereocenters. The van der Waals surface area contributed by atoms with Crippen LogP contribution in [0, 0.1) is 22.8 Å². The van der Waals surface area contributed by atoms with Crippen LogP contribution >= 0.6 is 11.6 Å². The Morgan fingerprint density at radius 2 is 1.94 bits per heavy atom. The van der Waals surface area contributed by atoms with Gasteiger partial charge in [0, 0.05) is 10.6 Å². The summed E-state index contributed by atoms with van der Waals surface area (Å²) in [6, 6.07) is 7.79. The first-order valence-electron chi connectivity index (χ1n) is 5.56. The highest BCUT2D eigenvalue weighted by Crippen LogP contribution is 2.22. The fourth-order valence-corrected chi connectivity index (χ4v) is 2.02. The quantitative estimate of drug-likeness (QED) is 0.549. The number of halogens is 1. The third kappa shape index (κ3) is 4.27. The van der Waals surface area contributed by atoms with Gasteiger partial charge in [-0.05, 0) is 24.6 Å². The van der Waals surface area contributed by atoms with E-state index in [1.807, 2.05) is 25.1 Å². The van der Waals surface area contributed by atoms with E-state index in [1.54, 1.807) is 0 Å². The van der Waals surface area contributed by atoms with Gasteiger partial charge in [0.05, 0.1) is 12.0 Å². The third-order valence-electron chi connectivity index (χ3n) is 2.25. The maximum absolute atomic E-state index is 8.99. The van der Waals surface area contributed by atoms with Crippen molar-refractivity contribution in [1.82, 2.24) is 0 Å². The van der Waals surface area contributed by atoms with E-state index in [0.717, 1.165) is 11.1 Å². The van der Waals surface area contributed by atoms with E-state index < -0.39 is 8.07 Å². The molecule has 0 aliphatic rings. The first kappa shape index (κ1) is 13.8. The van der Waals surface area contributed by atoms with Crippen molar-refractivity contribution in [1.29, 1.82) is 5.26 Å². The van der Waals surface area contributed by atoms with Gasteiger partial charge in [-0.15, -0.1) is 5.54 Å². The summed E-state index contributed by atoms with van der Waals surface area (Å²) in [7, 11) is -1.41. The van der Waals surface area contributed by atoms with Gasteiger partial charge in [0.15, 0.2) is 0 Å². The molecule has 0 spiro atoms. The number of hydrogen-bond donors (Lipinski definition) is 0. The molecule has 0 heterocycles. The molecular formula is C14H16ClNSi. The summed E-state index contributed by atoms with van der Waals surface area (Å²) in [6.07, 6.45) is 0. The lowest BCUT2D eigenvalue weighted by atomic mass is 9.97. The largest absolute Gasteiger partial charge is 0.198 e. The molecule has 0 saturated carbocycles. The molecule has 0 N–H and O–H groups in total. The smallest absolute Gasteiger partial charge is 0.129 e. The molecule has 0 aliphatic heterocycles. The Morgan fingerprint density at radius 1 is 1.29 bits per heavy atom. The van der Waals surface area contributed by atoms with Crippen molar-refractivity contribution < 1.29 is 0 Å². The molecule has 0 fully saturated rings. The number of nitriles is 1. The summed E-state index contributed by atoms with van der Waals surface area (Å²) in [5, 5.41) is 9.65. The Hall–Kier alpha value is -1.22. The molecule has 17 heavy (non-hydrogen) atoms. The van der Waals surface area contributed by atoms with E-state index in [1.165, 1.54) is 0 Å². The number of hydrogen-bond acceptors (Lipinski definition) is 1. The van der Waals surface area contributed by atoms with E-state index in [2.05, 4.69) is 37.2 Å². The monoisotopic (exact) mass is 261 g/mol. The van der Waals surface area contributed by atoms with Gasteiger partial charge in [-0.25, -0.2) is 0 Å². The predicted molar refractivity (Wildman–Crippen MR) is 75.7 cm³/mol. The van der Waals surface area contributed by atoms with E-state index in [0.29, 0.717) is 5.02 Å². The van der Waals surface area contributed by atoms with Crippen LogP contribution in [-0.2, 0) is 0 Å². The minimum absolute atomic E-state index is 0.154. The molecule has 0 amide bonds. The molecule has 1 unspecified atom stereocenters. The van der Waals surface area contributed by atoms with Crippen molar-refractivity contribution in [2.75, 3.05) is 0 Å². The van der Waals surface area contributed by atoms with Gasteiger partial charge in [-0.3, -0.25) is 0 Å². The molecular weight excluding hydrogens is 246 g/mol. The second kappa shape index (κ2) is 5.41.